The predicted molar refractivity (Wildman–Crippen MR) is 75.8 cm³/mol. The largest absolute Gasteiger partial charge is 0.396 e. The minimum atomic E-state index is 0.262. The minimum absolute atomic E-state index is 0.262. The number of hydrogen-bond acceptors (Lipinski definition) is 3. The third-order valence-electron chi connectivity index (χ3n) is 4.35. The van der Waals surface area contributed by atoms with Crippen molar-refractivity contribution in [1.82, 2.24) is 10.2 Å². The molecule has 2 atom stereocenters. The molecule has 0 aromatic rings. The Hall–Kier alpha value is -0.610. The Morgan fingerprint density at radius 2 is 2.11 bits per heavy atom. The van der Waals surface area contributed by atoms with E-state index in [2.05, 4.69) is 5.32 Å². The molecule has 4 heteroatoms. The van der Waals surface area contributed by atoms with Crippen molar-refractivity contribution in [2.75, 3.05) is 26.2 Å². The summed E-state index contributed by atoms with van der Waals surface area (Å²) in [5.74, 6) is 1.70. The topological polar surface area (TPSA) is 52.6 Å². The molecule has 110 valence electrons. The molecule has 0 radical (unpaired) electrons. The van der Waals surface area contributed by atoms with Gasteiger partial charge in [0.1, 0.15) is 0 Å². The van der Waals surface area contributed by atoms with Crippen LogP contribution in [0, 0.1) is 11.8 Å². The van der Waals surface area contributed by atoms with Crippen molar-refractivity contribution in [2.24, 2.45) is 11.8 Å². The molecule has 1 aliphatic heterocycles. The number of likely N-dealkylation sites (tertiary alicyclic amines) is 1. The van der Waals surface area contributed by atoms with Crippen molar-refractivity contribution in [2.45, 2.75) is 51.5 Å². The van der Waals surface area contributed by atoms with Gasteiger partial charge in [-0.3, -0.25) is 4.79 Å². The van der Waals surface area contributed by atoms with Gasteiger partial charge in [0, 0.05) is 32.2 Å². The van der Waals surface area contributed by atoms with E-state index in [0.29, 0.717) is 18.4 Å². The Kier molecular flexibility index (Phi) is 5.64. The zero-order valence-electron chi connectivity index (χ0n) is 12.1. The quantitative estimate of drug-likeness (QED) is 0.733. The lowest BCUT2D eigenvalue weighted by molar-refractivity contribution is -0.133. The highest BCUT2D eigenvalue weighted by Gasteiger charge is 2.30. The number of rotatable bonds is 7. The number of hydrogen-bond donors (Lipinski definition) is 2. The van der Waals surface area contributed by atoms with E-state index in [9.17, 15) is 4.79 Å². The van der Waals surface area contributed by atoms with Crippen LogP contribution in [0.15, 0.2) is 0 Å². The van der Waals surface area contributed by atoms with Crippen molar-refractivity contribution in [3.8, 4) is 0 Å². The predicted octanol–water partition coefficient (Wildman–Crippen LogP) is 1.39. The molecule has 2 N–H and O–H groups in total. The number of nitrogens with zero attached hydrogens (tertiary/aromatic N) is 1. The summed E-state index contributed by atoms with van der Waals surface area (Å²) < 4.78 is 0. The average Bonchev–Trinajstić information content (AvgIpc) is 3.26. The maximum Gasteiger partial charge on any atom is 0.222 e. The average molecular weight is 268 g/mol. The zero-order valence-corrected chi connectivity index (χ0v) is 12.1. The number of nitrogens with one attached hydrogen (secondary N) is 1. The van der Waals surface area contributed by atoms with Gasteiger partial charge in [-0.05, 0) is 50.5 Å². The van der Waals surface area contributed by atoms with E-state index in [-0.39, 0.29) is 12.5 Å². The molecule has 2 unspecified atom stereocenters. The van der Waals surface area contributed by atoms with Crippen LogP contribution in [0.5, 0.6) is 0 Å². The van der Waals surface area contributed by atoms with Crippen LogP contribution >= 0.6 is 0 Å². The van der Waals surface area contributed by atoms with Crippen LogP contribution in [0.25, 0.3) is 0 Å². The summed E-state index contributed by atoms with van der Waals surface area (Å²) in [7, 11) is 0. The molecule has 1 aliphatic carbocycles. The van der Waals surface area contributed by atoms with Gasteiger partial charge < -0.3 is 15.3 Å². The zero-order chi connectivity index (χ0) is 13.7. The highest BCUT2D eigenvalue weighted by atomic mass is 16.2. The highest BCUT2D eigenvalue weighted by molar-refractivity contribution is 5.76. The Bertz CT molecular complexity index is 292. The Morgan fingerprint density at radius 1 is 1.32 bits per heavy atom. The van der Waals surface area contributed by atoms with Crippen LogP contribution in [0.2, 0.25) is 0 Å². The molecule has 19 heavy (non-hydrogen) atoms. The first kappa shape index (κ1) is 14.8. The van der Waals surface area contributed by atoms with E-state index in [1.807, 2.05) is 11.8 Å². The van der Waals surface area contributed by atoms with Gasteiger partial charge >= 0.3 is 0 Å². The van der Waals surface area contributed by atoms with E-state index in [1.165, 1.54) is 12.8 Å². The van der Waals surface area contributed by atoms with Crippen molar-refractivity contribution in [1.29, 1.82) is 0 Å². The number of aliphatic hydroxyl groups excluding tert-OH is 1. The first-order valence-corrected chi connectivity index (χ1v) is 7.85. The lowest BCUT2D eigenvalue weighted by Gasteiger charge is -2.38. The lowest BCUT2D eigenvalue weighted by Crippen LogP contribution is -2.51. The third kappa shape index (κ3) is 4.77. The van der Waals surface area contributed by atoms with E-state index in [4.69, 9.17) is 5.11 Å². The van der Waals surface area contributed by atoms with Gasteiger partial charge in [-0.2, -0.15) is 0 Å². The Balaban J connectivity index is 1.84. The molecule has 0 aromatic carbocycles. The fraction of sp³-hybridized carbons (Fsp3) is 0.933. The van der Waals surface area contributed by atoms with Crippen molar-refractivity contribution >= 4 is 5.91 Å². The van der Waals surface area contributed by atoms with Gasteiger partial charge in [-0.1, -0.05) is 6.92 Å². The van der Waals surface area contributed by atoms with Crippen molar-refractivity contribution in [3.05, 3.63) is 0 Å². The molecule has 1 amide bonds. The fourth-order valence-electron chi connectivity index (χ4n) is 3.02. The number of carbonyl (C=O) groups excluding carboxylic acids is 1. The van der Waals surface area contributed by atoms with E-state index < -0.39 is 0 Å². The first-order chi connectivity index (χ1) is 9.22. The summed E-state index contributed by atoms with van der Waals surface area (Å²) in [6, 6.07) is 0.452. The molecule has 0 aromatic heterocycles. The molecule has 4 nitrogen and oxygen atoms in total. The van der Waals surface area contributed by atoms with Gasteiger partial charge in [0.05, 0.1) is 0 Å². The van der Waals surface area contributed by atoms with Gasteiger partial charge in [0.15, 0.2) is 0 Å². The first-order valence-electron chi connectivity index (χ1n) is 7.85. The molecule has 2 aliphatic rings. The van der Waals surface area contributed by atoms with Crippen molar-refractivity contribution in [3.63, 3.8) is 0 Å². The lowest BCUT2D eigenvalue weighted by atomic mass is 9.90. The summed E-state index contributed by atoms with van der Waals surface area (Å²) >= 11 is 0. The summed E-state index contributed by atoms with van der Waals surface area (Å²) in [5, 5.41) is 12.6. The maximum absolute atomic E-state index is 11.9. The summed E-state index contributed by atoms with van der Waals surface area (Å²) in [5.41, 5.74) is 0. The fourth-order valence-corrected chi connectivity index (χ4v) is 3.02. The minimum Gasteiger partial charge on any atom is -0.396 e. The molecular formula is C15H28N2O2. The summed E-state index contributed by atoms with van der Waals surface area (Å²) in [4.78, 5) is 14.0. The van der Waals surface area contributed by atoms with Gasteiger partial charge in [-0.25, -0.2) is 0 Å². The maximum atomic E-state index is 11.9. The molecule has 1 saturated carbocycles. The van der Waals surface area contributed by atoms with Crippen molar-refractivity contribution < 1.29 is 9.90 Å². The number of carbonyl (C=O) groups is 1. The number of aliphatic hydroxyl groups is 1. The van der Waals surface area contributed by atoms with E-state index >= 15 is 0 Å². The molecule has 2 fully saturated rings. The molecule has 2 rings (SSSR count). The molecular weight excluding hydrogens is 240 g/mol. The SMILES string of the molecule is CCC(=O)N1CC(CCCO)CC(NCC2CC2)C1. The number of piperidine rings is 1. The van der Waals surface area contributed by atoms with Crippen LogP contribution in [-0.4, -0.2) is 48.2 Å². The second kappa shape index (κ2) is 7.25. The third-order valence-corrected chi connectivity index (χ3v) is 4.35. The van der Waals surface area contributed by atoms with E-state index in [0.717, 1.165) is 44.8 Å². The summed E-state index contributed by atoms with van der Waals surface area (Å²) in [6.45, 7) is 5.07. The standard InChI is InChI=1S/C15H28N2O2/c1-2-15(19)17-10-13(4-3-7-18)8-14(11-17)16-9-12-5-6-12/h12-14,16,18H,2-11H2,1H3. The Morgan fingerprint density at radius 3 is 2.74 bits per heavy atom. The van der Waals surface area contributed by atoms with Crippen LogP contribution < -0.4 is 5.32 Å². The molecule has 1 saturated heterocycles. The second-order valence-corrected chi connectivity index (χ2v) is 6.17. The summed E-state index contributed by atoms with van der Waals surface area (Å²) in [6.07, 6.45) is 6.37. The Labute approximate surface area is 116 Å². The van der Waals surface area contributed by atoms with Crippen LogP contribution in [0.1, 0.15) is 45.4 Å². The van der Waals surface area contributed by atoms with Crippen LogP contribution in [0.4, 0.5) is 0 Å². The smallest absolute Gasteiger partial charge is 0.222 e. The van der Waals surface area contributed by atoms with Gasteiger partial charge in [0.25, 0.3) is 0 Å². The molecule has 0 spiro atoms. The monoisotopic (exact) mass is 268 g/mol. The van der Waals surface area contributed by atoms with Gasteiger partial charge in [0.2, 0.25) is 5.91 Å². The van der Waals surface area contributed by atoms with E-state index in [1.54, 1.807) is 0 Å². The highest BCUT2D eigenvalue weighted by Crippen LogP contribution is 2.28. The molecule has 1 heterocycles. The number of amides is 1. The second-order valence-electron chi connectivity index (χ2n) is 6.17. The van der Waals surface area contributed by atoms with Gasteiger partial charge in [-0.15, -0.1) is 0 Å². The molecule has 0 bridgehead atoms. The normalized spacial score (nSPS) is 27.6. The van der Waals surface area contributed by atoms with Crippen LogP contribution in [-0.2, 0) is 4.79 Å². The van der Waals surface area contributed by atoms with Crippen LogP contribution in [0.3, 0.4) is 0 Å².